The molecule has 0 saturated heterocycles. The van der Waals surface area contributed by atoms with E-state index in [0.717, 1.165) is 6.42 Å². The topological polar surface area (TPSA) is 107 Å². The maximum absolute atomic E-state index is 14.5. The van der Waals surface area contributed by atoms with Crippen molar-refractivity contribution in [3.63, 3.8) is 0 Å². The first-order valence-corrected chi connectivity index (χ1v) is 9.00. The quantitative estimate of drug-likeness (QED) is 0.654. The molecular formula is C20H21FN6O2. The van der Waals surface area contributed by atoms with Crippen molar-refractivity contribution in [2.45, 2.75) is 19.8 Å². The van der Waals surface area contributed by atoms with E-state index in [4.69, 9.17) is 10.5 Å². The van der Waals surface area contributed by atoms with Gasteiger partial charge in [-0.25, -0.2) is 14.4 Å². The second kappa shape index (κ2) is 9.05. The maximum atomic E-state index is 14.5. The highest BCUT2D eigenvalue weighted by atomic mass is 19.1. The Balaban J connectivity index is 1.67. The average molecular weight is 396 g/mol. The number of nitrogen functional groups attached to an aromatic ring is 1. The lowest BCUT2D eigenvalue weighted by molar-refractivity contribution is -0.127. The largest absolute Gasteiger partial charge is 0.434 e. The molecule has 0 radical (unpaired) electrons. The number of ether oxygens (including phenoxy) is 1. The smallest absolute Gasteiger partial charge is 0.238 e. The Bertz CT molecular complexity index is 997. The van der Waals surface area contributed by atoms with E-state index in [2.05, 4.69) is 19.9 Å². The van der Waals surface area contributed by atoms with Crippen LogP contribution in [0.1, 0.15) is 19.0 Å². The van der Waals surface area contributed by atoms with Crippen molar-refractivity contribution in [2.24, 2.45) is 0 Å². The molecule has 0 atom stereocenters. The van der Waals surface area contributed by atoms with Crippen molar-refractivity contribution in [3.8, 4) is 22.9 Å². The van der Waals surface area contributed by atoms with Crippen LogP contribution in [-0.2, 0) is 11.2 Å². The van der Waals surface area contributed by atoms with Gasteiger partial charge in [0, 0.05) is 32.3 Å². The van der Waals surface area contributed by atoms with Crippen LogP contribution in [0.5, 0.6) is 11.6 Å². The molecule has 0 fully saturated rings. The number of nitrogens with zero attached hydrogens (tertiary/aromatic N) is 5. The Hall–Kier alpha value is -3.62. The van der Waals surface area contributed by atoms with E-state index in [1.807, 2.05) is 0 Å². The van der Waals surface area contributed by atoms with E-state index in [0.29, 0.717) is 35.7 Å². The Kier molecular flexibility index (Phi) is 6.28. The number of nitrogens with two attached hydrogens (primary N) is 1. The number of amides is 1. The summed E-state index contributed by atoms with van der Waals surface area (Å²) in [5.74, 6) is -0.0321. The van der Waals surface area contributed by atoms with Gasteiger partial charge in [0.15, 0.2) is 11.6 Å². The lowest BCUT2D eigenvalue weighted by Crippen LogP contribution is -2.25. The van der Waals surface area contributed by atoms with Crippen molar-refractivity contribution >= 4 is 11.7 Å². The fraction of sp³-hybridized carbons (Fsp3) is 0.250. The molecule has 2 N–H and O–H groups in total. The highest BCUT2D eigenvalue weighted by Gasteiger charge is 2.10. The number of hydrogen-bond acceptors (Lipinski definition) is 7. The number of aryl methyl sites for hydroxylation is 1. The number of carbonyl (C=O) groups is 1. The van der Waals surface area contributed by atoms with E-state index in [1.54, 1.807) is 24.2 Å². The summed E-state index contributed by atoms with van der Waals surface area (Å²) in [5.41, 5.74) is 7.27. The number of anilines is 1. The van der Waals surface area contributed by atoms with Gasteiger partial charge in [-0.15, -0.1) is 0 Å². The Morgan fingerprint density at radius 3 is 2.72 bits per heavy atom. The van der Waals surface area contributed by atoms with E-state index in [9.17, 15) is 9.18 Å². The van der Waals surface area contributed by atoms with Gasteiger partial charge < -0.3 is 15.4 Å². The third kappa shape index (κ3) is 5.44. The molecule has 8 nitrogen and oxygen atoms in total. The van der Waals surface area contributed by atoms with Gasteiger partial charge in [0.05, 0.1) is 30.0 Å². The lowest BCUT2D eigenvalue weighted by Gasteiger charge is -2.14. The molecule has 0 aliphatic rings. The summed E-state index contributed by atoms with van der Waals surface area (Å²) in [7, 11) is 1.75. The number of rotatable bonds is 7. The molecule has 1 aromatic carbocycles. The zero-order chi connectivity index (χ0) is 20.8. The Labute approximate surface area is 167 Å². The maximum Gasteiger partial charge on any atom is 0.238 e. The van der Waals surface area contributed by atoms with Gasteiger partial charge in [0.25, 0.3) is 0 Å². The van der Waals surface area contributed by atoms with Crippen molar-refractivity contribution in [1.82, 2.24) is 24.8 Å². The van der Waals surface area contributed by atoms with Crippen molar-refractivity contribution in [3.05, 3.63) is 54.5 Å². The van der Waals surface area contributed by atoms with Gasteiger partial charge in [-0.1, -0.05) is 0 Å². The second-order valence-corrected chi connectivity index (χ2v) is 6.47. The Morgan fingerprint density at radius 1 is 1.21 bits per heavy atom. The molecule has 0 bridgehead atoms. The first-order chi connectivity index (χ1) is 13.9. The fourth-order valence-electron chi connectivity index (χ4n) is 2.55. The summed E-state index contributed by atoms with van der Waals surface area (Å²) in [6.45, 7) is 2.14. The van der Waals surface area contributed by atoms with Crippen LogP contribution in [-0.4, -0.2) is 44.3 Å². The van der Waals surface area contributed by atoms with Gasteiger partial charge in [-0.3, -0.25) is 14.8 Å². The van der Waals surface area contributed by atoms with Crippen LogP contribution in [0.25, 0.3) is 11.3 Å². The van der Waals surface area contributed by atoms with Crippen LogP contribution in [0.15, 0.2) is 43.0 Å². The van der Waals surface area contributed by atoms with Crippen LogP contribution in [0.2, 0.25) is 0 Å². The predicted molar refractivity (Wildman–Crippen MR) is 106 cm³/mol. The number of carbonyl (C=O) groups excluding carboxylic acids is 1. The molecular weight excluding hydrogens is 375 g/mol. The van der Waals surface area contributed by atoms with Gasteiger partial charge in [0.2, 0.25) is 11.8 Å². The molecule has 1 amide bonds. The standard InChI is InChI=1S/C20H21FN6O2/c1-13(28)27(2)7-3-4-15-9-23-12-20(26-15)29-18-6-5-14(8-16(18)21)17-10-25-19(22)11-24-17/h5-6,8-12H,3-4,7H2,1-2H3,(H2,22,25). The SMILES string of the molecule is CC(=O)N(C)CCCc1cncc(Oc2ccc(-c3cnc(N)cn3)cc2F)n1. The zero-order valence-electron chi connectivity index (χ0n) is 16.2. The normalized spacial score (nSPS) is 10.6. The Morgan fingerprint density at radius 2 is 2.03 bits per heavy atom. The molecule has 150 valence electrons. The van der Waals surface area contributed by atoms with Crippen LogP contribution in [0, 0.1) is 5.82 Å². The van der Waals surface area contributed by atoms with Gasteiger partial charge >= 0.3 is 0 Å². The molecule has 2 aromatic heterocycles. The number of benzene rings is 1. The molecule has 3 rings (SSSR count). The van der Waals surface area contributed by atoms with Crippen LogP contribution in [0.3, 0.4) is 0 Å². The third-order valence-corrected chi connectivity index (χ3v) is 4.24. The summed E-state index contributed by atoms with van der Waals surface area (Å²) in [6.07, 6.45) is 7.29. The van der Waals surface area contributed by atoms with E-state index >= 15 is 0 Å². The van der Waals surface area contributed by atoms with Crippen molar-refractivity contribution in [1.29, 1.82) is 0 Å². The molecule has 9 heteroatoms. The predicted octanol–water partition coefficient (Wildman–Crippen LogP) is 2.86. The zero-order valence-corrected chi connectivity index (χ0v) is 16.2. The van der Waals surface area contributed by atoms with E-state index < -0.39 is 5.82 Å². The molecule has 0 aliphatic carbocycles. The lowest BCUT2D eigenvalue weighted by atomic mass is 10.1. The third-order valence-electron chi connectivity index (χ3n) is 4.24. The minimum atomic E-state index is -0.559. The minimum Gasteiger partial charge on any atom is -0.434 e. The highest BCUT2D eigenvalue weighted by molar-refractivity contribution is 5.72. The van der Waals surface area contributed by atoms with Crippen molar-refractivity contribution in [2.75, 3.05) is 19.3 Å². The summed E-state index contributed by atoms with van der Waals surface area (Å²) >= 11 is 0. The number of hydrogen-bond donors (Lipinski definition) is 1. The molecule has 0 spiro atoms. The van der Waals surface area contributed by atoms with Crippen LogP contribution in [0.4, 0.5) is 10.2 Å². The number of aromatic nitrogens is 4. The molecule has 0 saturated carbocycles. The summed E-state index contributed by atoms with van der Waals surface area (Å²) < 4.78 is 20.0. The highest BCUT2D eigenvalue weighted by Crippen LogP contribution is 2.27. The van der Waals surface area contributed by atoms with E-state index in [1.165, 1.54) is 37.6 Å². The van der Waals surface area contributed by atoms with Gasteiger partial charge in [-0.2, -0.15) is 0 Å². The average Bonchev–Trinajstić information content (AvgIpc) is 2.70. The van der Waals surface area contributed by atoms with Crippen LogP contribution < -0.4 is 10.5 Å². The van der Waals surface area contributed by atoms with Crippen LogP contribution >= 0.6 is 0 Å². The first-order valence-electron chi connectivity index (χ1n) is 9.00. The summed E-state index contributed by atoms with van der Waals surface area (Å²) in [4.78, 5) is 29.4. The van der Waals surface area contributed by atoms with Gasteiger partial charge in [0.1, 0.15) is 5.82 Å². The second-order valence-electron chi connectivity index (χ2n) is 6.47. The molecule has 29 heavy (non-hydrogen) atoms. The molecule has 0 unspecified atom stereocenters. The molecule has 2 heterocycles. The molecule has 0 aliphatic heterocycles. The fourth-order valence-corrected chi connectivity index (χ4v) is 2.55. The monoisotopic (exact) mass is 396 g/mol. The first kappa shape index (κ1) is 20.1. The van der Waals surface area contributed by atoms with E-state index in [-0.39, 0.29) is 17.5 Å². The van der Waals surface area contributed by atoms with Crippen molar-refractivity contribution < 1.29 is 13.9 Å². The summed E-state index contributed by atoms with van der Waals surface area (Å²) in [5, 5.41) is 0. The number of halogens is 1. The van der Waals surface area contributed by atoms with Gasteiger partial charge in [-0.05, 0) is 31.0 Å². The summed E-state index contributed by atoms with van der Waals surface area (Å²) in [6, 6.07) is 4.48. The minimum absolute atomic E-state index is 0.0112. The molecule has 3 aromatic rings.